The van der Waals surface area contributed by atoms with Gasteiger partial charge in [0.1, 0.15) is 0 Å². The Balaban J connectivity index is 2.27. The predicted molar refractivity (Wildman–Crippen MR) is 62.0 cm³/mol. The summed E-state index contributed by atoms with van der Waals surface area (Å²) in [7, 11) is -3.94. The summed E-state index contributed by atoms with van der Waals surface area (Å²) in [4.78, 5) is 14.2. The smallest absolute Gasteiger partial charge is 0.337 e. The summed E-state index contributed by atoms with van der Waals surface area (Å²) in [5.74, 6) is -1.21. The monoisotopic (exact) mass is 288 g/mol. The topological polar surface area (TPSA) is 128 Å². The molecule has 0 saturated carbocycles. The zero-order valence-corrected chi connectivity index (χ0v) is 10.5. The fourth-order valence-electron chi connectivity index (χ4n) is 1.72. The zero-order chi connectivity index (χ0) is 14.2. The molecule has 9 heteroatoms. The molecule has 1 aliphatic heterocycles. The van der Waals surface area contributed by atoms with Crippen molar-refractivity contribution in [1.82, 2.24) is 9.29 Å². The second-order valence-electron chi connectivity index (χ2n) is 4.15. The molecule has 104 valence electrons. The minimum Gasteiger partial charge on any atom is -0.478 e. The molecule has 3 N–H and O–H groups in total. The van der Waals surface area contributed by atoms with Gasteiger partial charge in [-0.3, -0.25) is 0 Å². The van der Waals surface area contributed by atoms with Crippen LogP contribution in [-0.4, -0.2) is 64.3 Å². The van der Waals surface area contributed by atoms with Gasteiger partial charge < -0.3 is 15.3 Å². The molecule has 2 unspecified atom stereocenters. The standard InChI is InChI=1S/C10H12N2O6S/c13-7-4-12(5-8(7)14)19(17,18)9-2-1-6(3-11-9)10(15)16/h1-3,7-8,13-14H,4-5H2,(H,15,16). The lowest BCUT2D eigenvalue weighted by Gasteiger charge is -2.14. The number of pyridine rings is 1. The Hall–Kier alpha value is -1.55. The SMILES string of the molecule is O=C(O)c1ccc(S(=O)(=O)N2CC(O)C(O)C2)nc1. The molecule has 2 atom stereocenters. The van der Waals surface area contributed by atoms with Crippen molar-refractivity contribution in [3.05, 3.63) is 23.9 Å². The summed E-state index contributed by atoms with van der Waals surface area (Å²) >= 11 is 0. The number of nitrogens with zero attached hydrogens (tertiary/aromatic N) is 2. The Morgan fingerprint density at radius 1 is 1.26 bits per heavy atom. The molecule has 2 rings (SSSR count). The van der Waals surface area contributed by atoms with Crippen molar-refractivity contribution >= 4 is 16.0 Å². The summed E-state index contributed by atoms with van der Waals surface area (Å²) in [6.07, 6.45) is -1.32. The number of aromatic nitrogens is 1. The second-order valence-corrected chi connectivity index (χ2v) is 6.03. The van der Waals surface area contributed by atoms with Gasteiger partial charge in [-0.1, -0.05) is 0 Å². The van der Waals surface area contributed by atoms with Crippen LogP contribution in [0.25, 0.3) is 0 Å². The molecule has 0 aromatic carbocycles. The van der Waals surface area contributed by atoms with E-state index in [1.165, 1.54) is 0 Å². The molecule has 1 aliphatic rings. The molecule has 0 radical (unpaired) electrons. The van der Waals surface area contributed by atoms with Gasteiger partial charge in [-0.05, 0) is 12.1 Å². The Bertz CT molecular complexity index is 575. The Morgan fingerprint density at radius 3 is 2.26 bits per heavy atom. The van der Waals surface area contributed by atoms with Crippen LogP contribution < -0.4 is 0 Å². The quantitative estimate of drug-likeness (QED) is 0.617. The van der Waals surface area contributed by atoms with E-state index in [2.05, 4.69) is 4.98 Å². The third kappa shape index (κ3) is 2.59. The maximum absolute atomic E-state index is 12.1. The molecular weight excluding hydrogens is 276 g/mol. The van der Waals surface area contributed by atoms with Crippen LogP contribution in [0, 0.1) is 0 Å². The van der Waals surface area contributed by atoms with Crippen molar-refractivity contribution in [2.45, 2.75) is 17.2 Å². The van der Waals surface area contributed by atoms with Crippen LogP contribution in [0.15, 0.2) is 23.4 Å². The Kier molecular flexibility index (Phi) is 3.54. The maximum atomic E-state index is 12.1. The molecule has 1 saturated heterocycles. The Morgan fingerprint density at radius 2 is 1.84 bits per heavy atom. The van der Waals surface area contributed by atoms with Crippen molar-refractivity contribution in [1.29, 1.82) is 0 Å². The average molecular weight is 288 g/mol. The van der Waals surface area contributed by atoms with Crippen molar-refractivity contribution in [2.24, 2.45) is 0 Å². The highest BCUT2D eigenvalue weighted by Crippen LogP contribution is 2.20. The van der Waals surface area contributed by atoms with E-state index in [1.807, 2.05) is 0 Å². The number of aliphatic hydroxyl groups excluding tert-OH is 2. The minimum atomic E-state index is -3.94. The number of hydrogen-bond acceptors (Lipinski definition) is 6. The zero-order valence-electron chi connectivity index (χ0n) is 9.67. The van der Waals surface area contributed by atoms with Gasteiger partial charge >= 0.3 is 5.97 Å². The van der Waals surface area contributed by atoms with E-state index < -0.39 is 28.2 Å². The predicted octanol–water partition coefficient (Wildman–Crippen LogP) is -1.49. The lowest BCUT2D eigenvalue weighted by atomic mass is 10.3. The number of carboxylic acids is 1. The summed E-state index contributed by atoms with van der Waals surface area (Å²) in [5.41, 5.74) is -0.125. The number of β-amino-alcohol motifs (C(OH)–C–C–N with tert-alkyl or cyclic N) is 2. The number of aromatic carboxylic acids is 1. The fourth-order valence-corrected chi connectivity index (χ4v) is 3.11. The van der Waals surface area contributed by atoms with Crippen molar-refractivity contribution in [3.8, 4) is 0 Å². The van der Waals surface area contributed by atoms with E-state index in [4.69, 9.17) is 5.11 Å². The van der Waals surface area contributed by atoms with Gasteiger partial charge in [0.2, 0.25) is 0 Å². The molecule has 1 aromatic rings. The number of carbonyl (C=O) groups is 1. The lowest BCUT2D eigenvalue weighted by molar-refractivity contribution is 0.0572. The second kappa shape index (κ2) is 4.85. The van der Waals surface area contributed by atoms with E-state index in [0.717, 1.165) is 22.6 Å². The molecule has 2 heterocycles. The van der Waals surface area contributed by atoms with Crippen LogP contribution in [0.5, 0.6) is 0 Å². The molecular formula is C10H12N2O6S. The summed E-state index contributed by atoms with van der Waals surface area (Å²) in [6, 6.07) is 2.21. The van der Waals surface area contributed by atoms with Gasteiger partial charge in [0, 0.05) is 19.3 Å². The van der Waals surface area contributed by atoms with E-state index in [1.54, 1.807) is 0 Å². The highest BCUT2D eigenvalue weighted by molar-refractivity contribution is 7.89. The minimum absolute atomic E-state index is 0.125. The normalized spacial score (nSPS) is 24.5. The van der Waals surface area contributed by atoms with Gasteiger partial charge in [-0.15, -0.1) is 0 Å². The fraction of sp³-hybridized carbons (Fsp3) is 0.400. The molecule has 0 amide bonds. The van der Waals surface area contributed by atoms with E-state index in [9.17, 15) is 23.4 Å². The molecule has 0 bridgehead atoms. The Labute approximate surface area is 109 Å². The first-order valence-electron chi connectivity index (χ1n) is 5.38. The van der Waals surface area contributed by atoms with Crippen LogP contribution in [-0.2, 0) is 10.0 Å². The number of sulfonamides is 1. The molecule has 1 aromatic heterocycles. The van der Waals surface area contributed by atoms with E-state index in [-0.39, 0.29) is 23.7 Å². The molecule has 8 nitrogen and oxygen atoms in total. The van der Waals surface area contributed by atoms with Crippen molar-refractivity contribution in [2.75, 3.05) is 13.1 Å². The van der Waals surface area contributed by atoms with Crippen LogP contribution >= 0.6 is 0 Å². The number of hydrogen-bond donors (Lipinski definition) is 3. The molecule has 0 aliphatic carbocycles. The summed E-state index contributed by atoms with van der Waals surface area (Å²) in [6.45, 7) is -0.433. The van der Waals surface area contributed by atoms with Crippen LogP contribution in [0.4, 0.5) is 0 Å². The van der Waals surface area contributed by atoms with Crippen LogP contribution in [0.2, 0.25) is 0 Å². The van der Waals surface area contributed by atoms with Gasteiger partial charge in [-0.25, -0.2) is 18.2 Å². The molecule has 1 fully saturated rings. The van der Waals surface area contributed by atoms with Gasteiger partial charge in [0.05, 0.1) is 17.8 Å². The summed E-state index contributed by atoms with van der Waals surface area (Å²) in [5, 5.41) is 27.1. The first kappa shape index (κ1) is 13.9. The number of carboxylic acid groups (broad SMARTS) is 1. The van der Waals surface area contributed by atoms with Crippen LogP contribution in [0.1, 0.15) is 10.4 Å². The average Bonchev–Trinajstić information content (AvgIpc) is 2.70. The van der Waals surface area contributed by atoms with Gasteiger partial charge in [0.15, 0.2) is 5.03 Å². The lowest BCUT2D eigenvalue weighted by Crippen LogP contribution is -2.30. The van der Waals surface area contributed by atoms with E-state index >= 15 is 0 Å². The van der Waals surface area contributed by atoms with E-state index in [0.29, 0.717) is 0 Å². The summed E-state index contributed by atoms with van der Waals surface area (Å²) < 4.78 is 25.1. The van der Waals surface area contributed by atoms with Crippen molar-refractivity contribution in [3.63, 3.8) is 0 Å². The third-order valence-electron chi connectivity index (χ3n) is 2.81. The first-order valence-corrected chi connectivity index (χ1v) is 6.82. The first-order chi connectivity index (χ1) is 8.82. The number of aliphatic hydroxyl groups is 2. The van der Waals surface area contributed by atoms with Crippen LogP contribution in [0.3, 0.4) is 0 Å². The molecule has 0 spiro atoms. The van der Waals surface area contributed by atoms with Gasteiger partial charge in [0.25, 0.3) is 10.0 Å². The highest BCUT2D eigenvalue weighted by Gasteiger charge is 2.38. The number of rotatable bonds is 3. The van der Waals surface area contributed by atoms with Crippen molar-refractivity contribution < 1.29 is 28.5 Å². The largest absolute Gasteiger partial charge is 0.478 e. The maximum Gasteiger partial charge on any atom is 0.337 e. The van der Waals surface area contributed by atoms with Gasteiger partial charge in [-0.2, -0.15) is 4.31 Å². The highest BCUT2D eigenvalue weighted by atomic mass is 32.2. The molecule has 19 heavy (non-hydrogen) atoms. The third-order valence-corrected chi connectivity index (χ3v) is 4.56.